The molecule has 1 rings (SSSR count). The lowest BCUT2D eigenvalue weighted by molar-refractivity contribution is 0.877. The average molecular weight is 193 g/mol. The number of nitrogens with zero attached hydrogens (tertiary/aromatic N) is 1. The van der Waals surface area contributed by atoms with Crippen LogP contribution in [-0.4, -0.2) is 10.7 Å². The van der Waals surface area contributed by atoms with Gasteiger partial charge in [-0.2, -0.15) is 0 Å². The standard InChI is InChI=1S/C9H13N3.C2H6/c1-6(2)9(11)7-5-12-4-3-8(7)10;1-2/h3-6,11H,1-2H3,(H2,10,12);1-2H3. The third-order valence-electron chi connectivity index (χ3n) is 1.72. The summed E-state index contributed by atoms with van der Waals surface area (Å²) in [6.45, 7) is 7.93. The number of aromatic nitrogens is 1. The van der Waals surface area contributed by atoms with Crippen LogP contribution in [0.15, 0.2) is 18.5 Å². The number of nitrogens with one attached hydrogen (secondary N) is 1. The van der Waals surface area contributed by atoms with Crippen LogP contribution in [0, 0.1) is 11.3 Å². The minimum Gasteiger partial charge on any atom is -0.398 e. The number of nitrogens with two attached hydrogens (primary N) is 1. The first-order chi connectivity index (χ1) is 6.63. The molecule has 0 unspecified atom stereocenters. The summed E-state index contributed by atoms with van der Waals surface area (Å²) in [5.74, 6) is 0.191. The summed E-state index contributed by atoms with van der Waals surface area (Å²) in [6.07, 6.45) is 3.27. The predicted octanol–water partition coefficient (Wildman–Crippen LogP) is 2.71. The van der Waals surface area contributed by atoms with Gasteiger partial charge in [0.15, 0.2) is 0 Å². The molecule has 0 aliphatic rings. The topological polar surface area (TPSA) is 62.8 Å². The highest BCUT2D eigenvalue weighted by Gasteiger charge is 2.08. The first-order valence-corrected chi connectivity index (χ1v) is 4.91. The van der Waals surface area contributed by atoms with E-state index >= 15 is 0 Å². The molecule has 14 heavy (non-hydrogen) atoms. The van der Waals surface area contributed by atoms with Gasteiger partial charge in [0.05, 0.1) is 0 Å². The Kier molecular flexibility index (Phi) is 5.53. The van der Waals surface area contributed by atoms with E-state index in [9.17, 15) is 0 Å². The Morgan fingerprint density at radius 2 is 2.00 bits per heavy atom. The summed E-state index contributed by atoms with van der Waals surface area (Å²) in [7, 11) is 0. The molecule has 0 atom stereocenters. The van der Waals surface area contributed by atoms with Crippen molar-refractivity contribution in [2.75, 3.05) is 5.73 Å². The Hall–Kier alpha value is -1.38. The second-order valence-electron chi connectivity index (χ2n) is 3.03. The van der Waals surface area contributed by atoms with Crippen molar-refractivity contribution in [1.29, 1.82) is 5.41 Å². The highest BCUT2D eigenvalue weighted by molar-refractivity contribution is 6.03. The summed E-state index contributed by atoms with van der Waals surface area (Å²) in [5.41, 5.74) is 7.59. The van der Waals surface area contributed by atoms with Crippen molar-refractivity contribution in [3.63, 3.8) is 0 Å². The average Bonchev–Trinajstić information content (AvgIpc) is 2.20. The van der Waals surface area contributed by atoms with Crippen molar-refractivity contribution in [3.05, 3.63) is 24.0 Å². The van der Waals surface area contributed by atoms with Gasteiger partial charge in [-0.1, -0.05) is 27.7 Å². The number of nitrogen functional groups attached to an aromatic ring is 1. The van der Waals surface area contributed by atoms with Crippen molar-refractivity contribution in [2.45, 2.75) is 27.7 Å². The largest absolute Gasteiger partial charge is 0.398 e. The van der Waals surface area contributed by atoms with Gasteiger partial charge in [-0.15, -0.1) is 0 Å². The molecule has 3 N–H and O–H groups in total. The van der Waals surface area contributed by atoms with Gasteiger partial charge in [0.25, 0.3) is 0 Å². The zero-order valence-electron chi connectivity index (χ0n) is 9.33. The lowest BCUT2D eigenvalue weighted by atomic mass is 10.0. The Morgan fingerprint density at radius 1 is 1.43 bits per heavy atom. The maximum absolute atomic E-state index is 7.71. The molecule has 0 saturated carbocycles. The lowest BCUT2D eigenvalue weighted by Gasteiger charge is -2.08. The molecule has 1 aromatic rings. The van der Waals surface area contributed by atoms with Crippen molar-refractivity contribution in [2.24, 2.45) is 5.92 Å². The van der Waals surface area contributed by atoms with E-state index in [-0.39, 0.29) is 5.92 Å². The number of hydrogen-bond acceptors (Lipinski definition) is 3. The van der Waals surface area contributed by atoms with E-state index in [2.05, 4.69) is 4.98 Å². The van der Waals surface area contributed by atoms with E-state index < -0.39 is 0 Å². The molecule has 0 aliphatic carbocycles. The zero-order valence-corrected chi connectivity index (χ0v) is 9.33. The van der Waals surface area contributed by atoms with E-state index in [1.165, 1.54) is 0 Å². The molecule has 0 spiro atoms. The van der Waals surface area contributed by atoms with E-state index in [0.29, 0.717) is 11.4 Å². The van der Waals surface area contributed by atoms with Gasteiger partial charge in [-0.3, -0.25) is 4.98 Å². The van der Waals surface area contributed by atoms with Gasteiger partial charge >= 0.3 is 0 Å². The molecule has 0 fully saturated rings. The molecule has 0 amide bonds. The maximum Gasteiger partial charge on any atom is 0.0447 e. The fourth-order valence-electron chi connectivity index (χ4n) is 0.941. The first-order valence-electron chi connectivity index (χ1n) is 4.91. The van der Waals surface area contributed by atoms with E-state index in [1.807, 2.05) is 27.7 Å². The summed E-state index contributed by atoms with van der Waals surface area (Å²) in [4.78, 5) is 3.93. The zero-order chi connectivity index (χ0) is 11.1. The van der Waals surface area contributed by atoms with Gasteiger partial charge in [-0.05, 0) is 12.0 Å². The van der Waals surface area contributed by atoms with Crippen LogP contribution in [0.5, 0.6) is 0 Å². The van der Waals surface area contributed by atoms with Gasteiger partial charge in [0, 0.05) is 29.4 Å². The van der Waals surface area contributed by atoms with Crippen LogP contribution in [0.3, 0.4) is 0 Å². The van der Waals surface area contributed by atoms with Gasteiger partial charge in [-0.25, -0.2) is 0 Å². The van der Waals surface area contributed by atoms with Crippen LogP contribution in [0.2, 0.25) is 0 Å². The van der Waals surface area contributed by atoms with E-state index in [4.69, 9.17) is 11.1 Å². The van der Waals surface area contributed by atoms with E-state index in [0.717, 1.165) is 5.56 Å². The van der Waals surface area contributed by atoms with Crippen LogP contribution in [-0.2, 0) is 0 Å². The lowest BCUT2D eigenvalue weighted by Crippen LogP contribution is -2.10. The van der Waals surface area contributed by atoms with Crippen LogP contribution >= 0.6 is 0 Å². The Morgan fingerprint density at radius 3 is 2.43 bits per heavy atom. The number of pyridine rings is 1. The van der Waals surface area contributed by atoms with Gasteiger partial charge < -0.3 is 11.1 Å². The molecule has 1 aromatic heterocycles. The molecule has 0 radical (unpaired) electrons. The molecular weight excluding hydrogens is 174 g/mol. The third kappa shape index (κ3) is 3.17. The SMILES string of the molecule is CC.CC(C)C(=N)c1cnccc1N. The maximum atomic E-state index is 7.71. The Labute approximate surface area is 85.9 Å². The quantitative estimate of drug-likeness (QED) is 0.709. The second kappa shape index (κ2) is 6.13. The summed E-state index contributed by atoms with van der Waals surface area (Å²) in [5, 5.41) is 7.71. The van der Waals surface area contributed by atoms with Gasteiger partial charge in [0.2, 0.25) is 0 Å². The molecule has 3 nitrogen and oxygen atoms in total. The van der Waals surface area contributed by atoms with Crippen molar-refractivity contribution in [1.82, 2.24) is 4.98 Å². The Balaban J connectivity index is 0.000000791. The number of anilines is 1. The summed E-state index contributed by atoms with van der Waals surface area (Å²) in [6, 6.07) is 1.71. The van der Waals surface area contributed by atoms with Crippen molar-refractivity contribution in [3.8, 4) is 0 Å². The second-order valence-corrected chi connectivity index (χ2v) is 3.03. The van der Waals surface area contributed by atoms with E-state index in [1.54, 1.807) is 18.5 Å². The molecule has 78 valence electrons. The summed E-state index contributed by atoms with van der Waals surface area (Å²) < 4.78 is 0. The molecule has 1 heterocycles. The van der Waals surface area contributed by atoms with Crippen LogP contribution in [0.4, 0.5) is 5.69 Å². The van der Waals surface area contributed by atoms with Crippen molar-refractivity contribution < 1.29 is 0 Å². The normalized spacial score (nSPS) is 9.21. The molecule has 0 saturated heterocycles. The molecule has 3 heteroatoms. The monoisotopic (exact) mass is 193 g/mol. The third-order valence-corrected chi connectivity index (χ3v) is 1.72. The van der Waals surface area contributed by atoms with Crippen LogP contribution in [0.25, 0.3) is 0 Å². The first kappa shape index (κ1) is 12.6. The molecule has 0 aromatic carbocycles. The summed E-state index contributed by atoms with van der Waals surface area (Å²) >= 11 is 0. The van der Waals surface area contributed by atoms with Crippen LogP contribution < -0.4 is 5.73 Å². The minimum atomic E-state index is 0.191. The molecule has 0 bridgehead atoms. The van der Waals surface area contributed by atoms with Crippen LogP contribution in [0.1, 0.15) is 33.3 Å². The fraction of sp³-hybridized carbons (Fsp3) is 0.455. The number of hydrogen-bond donors (Lipinski definition) is 2. The fourth-order valence-corrected chi connectivity index (χ4v) is 0.941. The predicted molar refractivity (Wildman–Crippen MR) is 61.7 cm³/mol. The highest BCUT2D eigenvalue weighted by atomic mass is 14.7. The molecular formula is C11H19N3. The highest BCUT2D eigenvalue weighted by Crippen LogP contribution is 2.13. The van der Waals surface area contributed by atoms with Crippen molar-refractivity contribution >= 4 is 11.4 Å². The Bertz CT molecular complexity index is 292. The smallest absolute Gasteiger partial charge is 0.0447 e. The minimum absolute atomic E-state index is 0.191. The van der Waals surface area contributed by atoms with Gasteiger partial charge in [0.1, 0.15) is 0 Å². The molecule has 0 aliphatic heterocycles. The number of rotatable bonds is 2.